The highest BCUT2D eigenvalue weighted by Gasteiger charge is 2.04. The lowest BCUT2D eigenvalue weighted by Gasteiger charge is -2.21. The molecular formula is C19H23N7. The van der Waals surface area contributed by atoms with Crippen molar-refractivity contribution in [2.75, 3.05) is 28.6 Å². The van der Waals surface area contributed by atoms with Gasteiger partial charge in [0.1, 0.15) is 0 Å². The molecule has 0 spiro atoms. The maximum Gasteiger partial charge on any atom is 0.245 e. The maximum atomic E-state index is 4.44. The first-order valence-electron chi connectivity index (χ1n) is 8.74. The molecule has 0 aliphatic rings. The molecule has 0 radical (unpaired) electrons. The zero-order valence-corrected chi connectivity index (χ0v) is 15.1. The van der Waals surface area contributed by atoms with Gasteiger partial charge < -0.3 is 15.5 Å². The van der Waals surface area contributed by atoms with Crippen LogP contribution in [-0.4, -0.2) is 33.3 Å². The Morgan fingerprint density at radius 2 is 1.81 bits per heavy atom. The predicted octanol–water partition coefficient (Wildman–Crippen LogP) is 3.47. The SMILES string of the molecule is CCN(CC)c1ccc(Nc2cnnc(NCc3ccccn3)n2)cc1. The summed E-state index contributed by atoms with van der Waals surface area (Å²) >= 11 is 0. The molecule has 0 aliphatic carbocycles. The van der Waals surface area contributed by atoms with Crippen LogP contribution in [0, 0.1) is 0 Å². The molecule has 3 rings (SSSR count). The molecular weight excluding hydrogens is 326 g/mol. The summed E-state index contributed by atoms with van der Waals surface area (Å²) in [5, 5.41) is 14.4. The monoisotopic (exact) mass is 349 g/mol. The van der Waals surface area contributed by atoms with E-state index in [0.717, 1.165) is 24.5 Å². The lowest BCUT2D eigenvalue weighted by atomic mass is 10.2. The highest BCUT2D eigenvalue weighted by atomic mass is 15.3. The molecule has 0 fully saturated rings. The summed E-state index contributed by atoms with van der Waals surface area (Å²) in [7, 11) is 0. The van der Waals surface area contributed by atoms with Crippen molar-refractivity contribution >= 4 is 23.1 Å². The van der Waals surface area contributed by atoms with Gasteiger partial charge in [0, 0.05) is 30.7 Å². The van der Waals surface area contributed by atoms with Gasteiger partial charge in [-0.3, -0.25) is 4.98 Å². The highest BCUT2D eigenvalue weighted by Crippen LogP contribution is 2.20. The Bertz CT molecular complexity index is 802. The van der Waals surface area contributed by atoms with E-state index in [9.17, 15) is 0 Å². The minimum Gasteiger partial charge on any atom is -0.372 e. The summed E-state index contributed by atoms with van der Waals surface area (Å²) in [5.41, 5.74) is 3.08. The first-order valence-corrected chi connectivity index (χ1v) is 8.74. The average molecular weight is 349 g/mol. The van der Waals surface area contributed by atoms with Crippen molar-refractivity contribution in [2.45, 2.75) is 20.4 Å². The van der Waals surface area contributed by atoms with E-state index in [1.165, 1.54) is 5.69 Å². The second kappa shape index (κ2) is 8.75. The zero-order chi connectivity index (χ0) is 18.2. The topological polar surface area (TPSA) is 78.9 Å². The number of pyridine rings is 1. The molecule has 0 atom stereocenters. The number of hydrogen-bond donors (Lipinski definition) is 2. The van der Waals surface area contributed by atoms with E-state index in [1.807, 2.05) is 30.3 Å². The molecule has 2 N–H and O–H groups in total. The molecule has 0 amide bonds. The predicted molar refractivity (Wildman–Crippen MR) is 105 cm³/mol. The maximum absolute atomic E-state index is 4.44. The van der Waals surface area contributed by atoms with Crippen molar-refractivity contribution in [1.29, 1.82) is 0 Å². The molecule has 2 aromatic heterocycles. The molecule has 0 bridgehead atoms. The van der Waals surface area contributed by atoms with Gasteiger partial charge in [-0.2, -0.15) is 10.1 Å². The summed E-state index contributed by atoms with van der Waals surface area (Å²) in [5.74, 6) is 1.10. The molecule has 26 heavy (non-hydrogen) atoms. The van der Waals surface area contributed by atoms with Crippen LogP contribution in [0.15, 0.2) is 54.9 Å². The van der Waals surface area contributed by atoms with Gasteiger partial charge in [0.05, 0.1) is 18.4 Å². The molecule has 7 nitrogen and oxygen atoms in total. The number of hydrogen-bond acceptors (Lipinski definition) is 7. The van der Waals surface area contributed by atoms with Crippen LogP contribution in [0.2, 0.25) is 0 Å². The fraction of sp³-hybridized carbons (Fsp3) is 0.263. The fourth-order valence-electron chi connectivity index (χ4n) is 2.60. The van der Waals surface area contributed by atoms with E-state index in [1.54, 1.807) is 12.4 Å². The minimum atomic E-state index is 0.459. The van der Waals surface area contributed by atoms with E-state index in [2.05, 4.69) is 61.7 Å². The molecule has 2 heterocycles. The molecule has 7 heteroatoms. The minimum absolute atomic E-state index is 0.459. The fourth-order valence-corrected chi connectivity index (χ4v) is 2.60. The van der Waals surface area contributed by atoms with Crippen LogP contribution in [0.1, 0.15) is 19.5 Å². The van der Waals surface area contributed by atoms with Crippen LogP contribution in [0.5, 0.6) is 0 Å². The number of anilines is 4. The molecule has 1 aromatic carbocycles. The Kier molecular flexibility index (Phi) is 5.92. The van der Waals surface area contributed by atoms with Crippen LogP contribution < -0.4 is 15.5 Å². The molecule has 0 aliphatic heterocycles. The smallest absolute Gasteiger partial charge is 0.245 e. The third kappa shape index (κ3) is 4.66. The van der Waals surface area contributed by atoms with Crippen LogP contribution in [0.3, 0.4) is 0 Å². The quantitative estimate of drug-likeness (QED) is 0.644. The normalized spacial score (nSPS) is 10.4. The van der Waals surface area contributed by atoms with Crippen molar-refractivity contribution in [3.63, 3.8) is 0 Å². The standard InChI is InChI=1S/C19H23N7/c1-3-26(4-2)17-10-8-15(9-11-17)23-18-14-22-25-19(24-18)21-13-16-7-5-6-12-20-16/h5-12,14H,3-4,13H2,1-2H3,(H2,21,23,24,25). The Balaban J connectivity index is 1.63. The van der Waals surface area contributed by atoms with E-state index in [0.29, 0.717) is 18.3 Å². The number of nitrogens with zero attached hydrogens (tertiary/aromatic N) is 5. The van der Waals surface area contributed by atoms with Gasteiger partial charge >= 0.3 is 0 Å². The summed E-state index contributed by atoms with van der Waals surface area (Å²) < 4.78 is 0. The second-order valence-electron chi connectivity index (χ2n) is 5.68. The highest BCUT2D eigenvalue weighted by molar-refractivity contribution is 5.60. The molecule has 0 saturated heterocycles. The van der Waals surface area contributed by atoms with Crippen LogP contribution in [0.4, 0.5) is 23.1 Å². The van der Waals surface area contributed by atoms with Gasteiger partial charge in [0.2, 0.25) is 5.95 Å². The molecule has 0 saturated carbocycles. The van der Waals surface area contributed by atoms with Crippen LogP contribution >= 0.6 is 0 Å². The molecule has 0 unspecified atom stereocenters. The third-order valence-electron chi connectivity index (χ3n) is 3.98. The zero-order valence-electron chi connectivity index (χ0n) is 15.1. The Morgan fingerprint density at radius 3 is 2.50 bits per heavy atom. The Morgan fingerprint density at radius 1 is 1.00 bits per heavy atom. The lowest BCUT2D eigenvalue weighted by Crippen LogP contribution is -2.21. The van der Waals surface area contributed by atoms with Gasteiger partial charge in [-0.1, -0.05) is 6.07 Å². The van der Waals surface area contributed by atoms with Gasteiger partial charge in [0.15, 0.2) is 5.82 Å². The van der Waals surface area contributed by atoms with Crippen molar-refractivity contribution in [2.24, 2.45) is 0 Å². The van der Waals surface area contributed by atoms with Crippen molar-refractivity contribution < 1.29 is 0 Å². The summed E-state index contributed by atoms with van der Waals surface area (Å²) in [6, 6.07) is 14.1. The third-order valence-corrected chi connectivity index (χ3v) is 3.98. The summed E-state index contributed by atoms with van der Waals surface area (Å²) in [4.78, 5) is 11.0. The van der Waals surface area contributed by atoms with Crippen LogP contribution in [-0.2, 0) is 6.54 Å². The summed E-state index contributed by atoms with van der Waals surface area (Å²) in [6.45, 7) is 6.84. The molecule has 134 valence electrons. The lowest BCUT2D eigenvalue weighted by molar-refractivity contribution is 0.866. The number of rotatable bonds is 8. The number of nitrogens with one attached hydrogen (secondary N) is 2. The van der Waals surface area contributed by atoms with Crippen LogP contribution in [0.25, 0.3) is 0 Å². The first-order chi connectivity index (χ1) is 12.8. The van der Waals surface area contributed by atoms with E-state index < -0.39 is 0 Å². The Hall–Kier alpha value is -3.22. The number of aromatic nitrogens is 4. The second-order valence-corrected chi connectivity index (χ2v) is 5.68. The number of benzene rings is 1. The Labute approximate surface area is 153 Å². The van der Waals surface area contributed by atoms with E-state index >= 15 is 0 Å². The molecule has 3 aromatic rings. The van der Waals surface area contributed by atoms with E-state index in [4.69, 9.17) is 0 Å². The van der Waals surface area contributed by atoms with Gasteiger partial charge in [-0.15, -0.1) is 5.10 Å². The van der Waals surface area contributed by atoms with Crippen molar-refractivity contribution in [3.05, 3.63) is 60.6 Å². The largest absolute Gasteiger partial charge is 0.372 e. The van der Waals surface area contributed by atoms with Gasteiger partial charge in [-0.05, 0) is 50.2 Å². The average Bonchev–Trinajstić information content (AvgIpc) is 2.70. The van der Waals surface area contributed by atoms with E-state index in [-0.39, 0.29) is 0 Å². The van der Waals surface area contributed by atoms with Crippen molar-refractivity contribution in [3.8, 4) is 0 Å². The van der Waals surface area contributed by atoms with Gasteiger partial charge in [0.25, 0.3) is 0 Å². The first kappa shape index (κ1) is 17.6. The van der Waals surface area contributed by atoms with Crippen molar-refractivity contribution in [1.82, 2.24) is 20.2 Å². The van der Waals surface area contributed by atoms with Gasteiger partial charge in [-0.25, -0.2) is 0 Å². The summed E-state index contributed by atoms with van der Waals surface area (Å²) in [6.07, 6.45) is 3.36.